The van der Waals surface area contributed by atoms with Gasteiger partial charge in [-0.1, -0.05) is 47.5 Å². The van der Waals surface area contributed by atoms with E-state index in [-0.39, 0.29) is 0 Å². The maximum absolute atomic E-state index is 4.94. The molecule has 1 aliphatic carbocycles. The summed E-state index contributed by atoms with van der Waals surface area (Å²) in [6.45, 7) is 12.7. The van der Waals surface area contributed by atoms with E-state index in [1.54, 1.807) is 5.71 Å². The molecule has 0 saturated heterocycles. The lowest BCUT2D eigenvalue weighted by molar-refractivity contribution is 0.252. The van der Waals surface area contributed by atoms with Gasteiger partial charge in [0.2, 0.25) is 0 Å². The van der Waals surface area contributed by atoms with Crippen LogP contribution in [0.4, 0.5) is 0 Å². The monoisotopic (exact) mass is 237 g/mol. The van der Waals surface area contributed by atoms with Crippen LogP contribution in [-0.2, 0) is 0 Å². The van der Waals surface area contributed by atoms with Crippen molar-refractivity contribution >= 4 is 5.71 Å². The van der Waals surface area contributed by atoms with Gasteiger partial charge in [0.1, 0.15) is 0 Å². The summed E-state index contributed by atoms with van der Waals surface area (Å²) in [6.07, 6.45) is 9.03. The van der Waals surface area contributed by atoms with E-state index in [4.69, 9.17) is 4.99 Å². The lowest BCUT2D eigenvalue weighted by atomic mass is 9.74. The normalized spacial score (nSPS) is 24.4. The number of hydrogen-bond acceptors (Lipinski definition) is 1. The molecule has 0 unspecified atom stereocenters. The molecule has 1 nitrogen and oxygen atoms in total. The van der Waals surface area contributed by atoms with Gasteiger partial charge < -0.3 is 0 Å². The Balaban J connectivity index is 2.96. The molecular weight excluding hydrogens is 206 g/mol. The van der Waals surface area contributed by atoms with Crippen molar-refractivity contribution in [3.8, 4) is 0 Å². The third-order valence-corrected chi connectivity index (χ3v) is 4.06. The van der Waals surface area contributed by atoms with Crippen molar-refractivity contribution < 1.29 is 0 Å². The molecule has 1 aliphatic rings. The molecule has 1 fully saturated rings. The Hall–Kier alpha value is -0.330. The van der Waals surface area contributed by atoms with Crippen LogP contribution in [0.2, 0.25) is 0 Å². The molecule has 1 saturated carbocycles. The number of rotatable bonds is 6. The van der Waals surface area contributed by atoms with Crippen LogP contribution in [0, 0.1) is 10.8 Å². The van der Waals surface area contributed by atoms with E-state index >= 15 is 0 Å². The first-order chi connectivity index (χ1) is 7.99. The van der Waals surface area contributed by atoms with Crippen molar-refractivity contribution in [3.63, 3.8) is 0 Å². The number of aliphatic imine (C=N–C) groups is 1. The second-order valence-electron chi connectivity index (χ2n) is 6.63. The molecule has 1 rings (SSSR count). The zero-order valence-corrected chi connectivity index (χ0v) is 12.6. The number of hydrogen-bond donors (Lipinski definition) is 0. The Morgan fingerprint density at radius 1 is 1.00 bits per heavy atom. The topological polar surface area (TPSA) is 12.4 Å². The average molecular weight is 237 g/mol. The van der Waals surface area contributed by atoms with Crippen LogP contribution in [0.15, 0.2) is 4.99 Å². The van der Waals surface area contributed by atoms with E-state index in [1.165, 1.54) is 44.9 Å². The van der Waals surface area contributed by atoms with Crippen molar-refractivity contribution in [2.75, 3.05) is 6.54 Å². The van der Waals surface area contributed by atoms with Crippen molar-refractivity contribution in [3.05, 3.63) is 0 Å². The Kier molecular flexibility index (Phi) is 5.22. The van der Waals surface area contributed by atoms with Gasteiger partial charge in [-0.2, -0.15) is 0 Å². The van der Waals surface area contributed by atoms with E-state index in [2.05, 4.69) is 34.6 Å². The molecule has 0 N–H and O–H groups in total. The van der Waals surface area contributed by atoms with E-state index < -0.39 is 0 Å². The van der Waals surface area contributed by atoms with Gasteiger partial charge in [-0.3, -0.25) is 4.99 Å². The fraction of sp³-hybridized carbons (Fsp3) is 0.938. The standard InChI is InChI=1S/C16H31N/c1-6-9-16(10-7-2)13-15(4,5)12-14(16)17-11-8-3/h6-13H2,1-5H3/b17-14+. The molecule has 17 heavy (non-hydrogen) atoms. The molecule has 0 aromatic rings. The van der Waals surface area contributed by atoms with E-state index in [9.17, 15) is 0 Å². The molecule has 100 valence electrons. The maximum Gasteiger partial charge on any atom is 0.0386 e. The molecule has 0 amide bonds. The molecule has 0 aromatic heterocycles. The zero-order valence-electron chi connectivity index (χ0n) is 12.6. The van der Waals surface area contributed by atoms with Crippen LogP contribution in [0.25, 0.3) is 0 Å². The molecule has 0 bridgehead atoms. The maximum atomic E-state index is 4.94. The second kappa shape index (κ2) is 6.02. The van der Waals surface area contributed by atoms with Crippen LogP contribution in [0.1, 0.15) is 79.6 Å². The molecule has 0 aliphatic heterocycles. The SMILES string of the molecule is CCC/N=C1\CC(C)(C)CC1(CCC)CCC. The Morgan fingerprint density at radius 3 is 2.06 bits per heavy atom. The van der Waals surface area contributed by atoms with Gasteiger partial charge in [-0.25, -0.2) is 0 Å². The van der Waals surface area contributed by atoms with E-state index in [0.29, 0.717) is 10.8 Å². The highest BCUT2D eigenvalue weighted by Crippen LogP contribution is 2.52. The lowest BCUT2D eigenvalue weighted by Gasteiger charge is -2.31. The van der Waals surface area contributed by atoms with E-state index in [1.807, 2.05) is 0 Å². The predicted molar refractivity (Wildman–Crippen MR) is 77.9 cm³/mol. The van der Waals surface area contributed by atoms with E-state index in [0.717, 1.165) is 6.54 Å². The minimum atomic E-state index is 0.447. The molecule has 0 atom stereocenters. The summed E-state index contributed by atoms with van der Waals surface area (Å²) in [4.78, 5) is 4.94. The van der Waals surface area contributed by atoms with Gasteiger partial charge in [0, 0.05) is 17.7 Å². The van der Waals surface area contributed by atoms with Crippen LogP contribution < -0.4 is 0 Å². The first-order valence-electron chi connectivity index (χ1n) is 7.53. The van der Waals surface area contributed by atoms with Crippen LogP contribution in [-0.4, -0.2) is 12.3 Å². The van der Waals surface area contributed by atoms with Crippen molar-refractivity contribution in [1.82, 2.24) is 0 Å². The van der Waals surface area contributed by atoms with Gasteiger partial charge in [-0.15, -0.1) is 0 Å². The van der Waals surface area contributed by atoms with Crippen LogP contribution in [0.5, 0.6) is 0 Å². The lowest BCUT2D eigenvalue weighted by Crippen LogP contribution is -2.26. The van der Waals surface area contributed by atoms with Crippen molar-refractivity contribution in [2.45, 2.75) is 79.6 Å². The summed E-state index contributed by atoms with van der Waals surface area (Å²) in [5, 5.41) is 0. The molecular formula is C16H31N. The molecule has 0 heterocycles. The average Bonchev–Trinajstić information content (AvgIpc) is 2.48. The molecule has 0 spiro atoms. The summed E-state index contributed by atoms with van der Waals surface area (Å²) < 4.78 is 0. The van der Waals surface area contributed by atoms with Crippen LogP contribution >= 0.6 is 0 Å². The summed E-state index contributed by atoms with van der Waals surface area (Å²) in [5.41, 5.74) is 2.46. The van der Waals surface area contributed by atoms with Gasteiger partial charge >= 0.3 is 0 Å². The van der Waals surface area contributed by atoms with Gasteiger partial charge in [0.25, 0.3) is 0 Å². The first kappa shape index (κ1) is 14.7. The Labute approximate surface area is 108 Å². The predicted octanol–water partition coefficient (Wildman–Crippen LogP) is 5.24. The minimum absolute atomic E-state index is 0.447. The highest BCUT2D eigenvalue weighted by Gasteiger charge is 2.46. The second-order valence-corrected chi connectivity index (χ2v) is 6.63. The Morgan fingerprint density at radius 2 is 1.59 bits per heavy atom. The fourth-order valence-electron chi connectivity index (χ4n) is 3.74. The Bertz CT molecular complexity index is 257. The first-order valence-corrected chi connectivity index (χ1v) is 7.53. The summed E-state index contributed by atoms with van der Waals surface area (Å²) in [7, 11) is 0. The van der Waals surface area contributed by atoms with Gasteiger partial charge in [0.05, 0.1) is 0 Å². The smallest absolute Gasteiger partial charge is 0.0386 e. The third kappa shape index (κ3) is 3.56. The molecule has 0 radical (unpaired) electrons. The van der Waals surface area contributed by atoms with Gasteiger partial charge in [-0.05, 0) is 37.5 Å². The summed E-state index contributed by atoms with van der Waals surface area (Å²) in [6, 6.07) is 0. The largest absolute Gasteiger partial charge is 0.294 e. The van der Waals surface area contributed by atoms with Crippen molar-refractivity contribution in [2.24, 2.45) is 15.8 Å². The quantitative estimate of drug-likeness (QED) is 0.598. The highest BCUT2D eigenvalue weighted by atomic mass is 14.8. The van der Waals surface area contributed by atoms with Gasteiger partial charge in [0.15, 0.2) is 0 Å². The van der Waals surface area contributed by atoms with Crippen LogP contribution in [0.3, 0.4) is 0 Å². The minimum Gasteiger partial charge on any atom is -0.294 e. The fourth-order valence-corrected chi connectivity index (χ4v) is 3.74. The summed E-state index contributed by atoms with van der Waals surface area (Å²) >= 11 is 0. The number of nitrogens with zero attached hydrogens (tertiary/aromatic N) is 1. The zero-order chi connectivity index (χ0) is 12.9. The molecule has 0 aromatic carbocycles. The molecule has 1 heteroatoms. The highest BCUT2D eigenvalue weighted by molar-refractivity contribution is 5.93. The third-order valence-electron chi connectivity index (χ3n) is 4.06. The summed E-state index contributed by atoms with van der Waals surface area (Å²) in [5.74, 6) is 0. The van der Waals surface area contributed by atoms with Crippen molar-refractivity contribution in [1.29, 1.82) is 0 Å².